The maximum atomic E-state index is 9.38. The third kappa shape index (κ3) is 3.49. The van der Waals surface area contributed by atoms with Gasteiger partial charge in [-0.3, -0.25) is 0 Å². The highest BCUT2D eigenvalue weighted by molar-refractivity contribution is 6.43. The molecule has 0 unspecified atom stereocenters. The topological polar surface area (TPSA) is 36.9 Å². The summed E-state index contributed by atoms with van der Waals surface area (Å²) in [6.45, 7) is 0. The standard InChI is InChI=1S/C19H10Cl3NO/c20-14-6-4-12(5-7-14)13(11-23)10-15-8-9-18(24-15)16-2-1-3-17(21)19(16)22/h1-10H. The number of allylic oxidation sites excluding steroid dienone is 1. The summed E-state index contributed by atoms with van der Waals surface area (Å²) in [7, 11) is 0. The van der Waals surface area contributed by atoms with Crippen molar-refractivity contribution in [3.8, 4) is 17.4 Å². The van der Waals surface area contributed by atoms with Crippen LogP contribution in [0, 0.1) is 11.3 Å². The number of hydrogen-bond donors (Lipinski definition) is 0. The second kappa shape index (κ2) is 7.15. The smallest absolute Gasteiger partial charge is 0.136 e. The molecule has 5 heteroatoms. The quantitative estimate of drug-likeness (QED) is 0.464. The van der Waals surface area contributed by atoms with Gasteiger partial charge in [0.15, 0.2) is 0 Å². The van der Waals surface area contributed by atoms with Crippen LogP contribution in [0.4, 0.5) is 0 Å². The Balaban J connectivity index is 1.96. The molecule has 0 spiro atoms. The fraction of sp³-hybridized carbons (Fsp3) is 0. The highest BCUT2D eigenvalue weighted by Crippen LogP contribution is 2.34. The van der Waals surface area contributed by atoms with Gasteiger partial charge in [0.2, 0.25) is 0 Å². The molecule has 3 aromatic rings. The summed E-state index contributed by atoms with van der Waals surface area (Å²) in [5.74, 6) is 1.13. The van der Waals surface area contributed by atoms with Crippen molar-refractivity contribution in [2.24, 2.45) is 0 Å². The Bertz CT molecular complexity index is 949. The summed E-state index contributed by atoms with van der Waals surface area (Å²) in [5.41, 5.74) is 1.94. The van der Waals surface area contributed by atoms with Crippen LogP contribution >= 0.6 is 34.8 Å². The van der Waals surface area contributed by atoms with Gasteiger partial charge < -0.3 is 4.42 Å². The van der Waals surface area contributed by atoms with Crippen LogP contribution in [0.3, 0.4) is 0 Å². The molecule has 118 valence electrons. The lowest BCUT2D eigenvalue weighted by molar-refractivity contribution is 0.572. The van der Waals surface area contributed by atoms with Crippen LogP contribution in [-0.2, 0) is 0 Å². The normalized spacial score (nSPS) is 11.3. The van der Waals surface area contributed by atoms with E-state index in [9.17, 15) is 5.26 Å². The first-order valence-electron chi connectivity index (χ1n) is 7.00. The Morgan fingerprint density at radius 3 is 2.42 bits per heavy atom. The van der Waals surface area contributed by atoms with Crippen LogP contribution < -0.4 is 0 Å². The minimum atomic E-state index is 0.433. The van der Waals surface area contributed by atoms with Gasteiger partial charge in [-0.15, -0.1) is 0 Å². The highest BCUT2D eigenvalue weighted by Gasteiger charge is 2.11. The Kier molecular flexibility index (Phi) is 4.97. The maximum Gasteiger partial charge on any atom is 0.136 e. The van der Waals surface area contributed by atoms with Gasteiger partial charge in [0.1, 0.15) is 11.5 Å². The predicted molar refractivity (Wildman–Crippen MR) is 99.1 cm³/mol. The van der Waals surface area contributed by atoms with Gasteiger partial charge >= 0.3 is 0 Å². The summed E-state index contributed by atoms with van der Waals surface area (Å²) in [6, 6.07) is 18.1. The first kappa shape index (κ1) is 16.7. The molecule has 0 saturated carbocycles. The summed E-state index contributed by atoms with van der Waals surface area (Å²) in [6.07, 6.45) is 1.67. The van der Waals surface area contributed by atoms with Gasteiger partial charge in [0.05, 0.1) is 21.7 Å². The van der Waals surface area contributed by atoms with Gasteiger partial charge in [-0.25, -0.2) is 0 Å². The molecule has 0 N–H and O–H groups in total. The third-order valence-corrected chi connectivity index (χ3v) is 4.48. The van der Waals surface area contributed by atoms with Crippen LogP contribution in [0.2, 0.25) is 15.1 Å². The van der Waals surface area contributed by atoms with E-state index < -0.39 is 0 Å². The molecule has 24 heavy (non-hydrogen) atoms. The lowest BCUT2D eigenvalue weighted by atomic mass is 10.1. The summed E-state index contributed by atoms with van der Waals surface area (Å²) in [4.78, 5) is 0. The van der Waals surface area contributed by atoms with Crippen LogP contribution in [0.1, 0.15) is 11.3 Å². The molecule has 0 bridgehead atoms. The molecule has 0 amide bonds. The van der Waals surface area contributed by atoms with Gasteiger partial charge in [-0.2, -0.15) is 5.26 Å². The fourth-order valence-corrected chi connectivity index (χ4v) is 2.74. The van der Waals surface area contributed by atoms with Crippen molar-refractivity contribution in [3.63, 3.8) is 0 Å². The zero-order valence-electron chi connectivity index (χ0n) is 12.3. The number of hydrogen-bond acceptors (Lipinski definition) is 2. The highest BCUT2D eigenvalue weighted by atomic mass is 35.5. The summed E-state index contributed by atoms with van der Waals surface area (Å²) >= 11 is 18.1. The van der Waals surface area contributed by atoms with E-state index in [0.29, 0.717) is 37.7 Å². The lowest BCUT2D eigenvalue weighted by Crippen LogP contribution is -1.80. The molecular weight excluding hydrogens is 365 g/mol. The number of halogens is 3. The van der Waals surface area contributed by atoms with E-state index in [4.69, 9.17) is 39.2 Å². The summed E-state index contributed by atoms with van der Waals surface area (Å²) in [5, 5.41) is 10.9. The van der Waals surface area contributed by atoms with Crippen molar-refractivity contribution >= 4 is 46.5 Å². The lowest BCUT2D eigenvalue weighted by Gasteiger charge is -2.02. The van der Waals surface area contributed by atoms with Gasteiger partial charge in [0.25, 0.3) is 0 Å². The molecule has 2 aromatic carbocycles. The third-order valence-electron chi connectivity index (χ3n) is 3.41. The Morgan fingerprint density at radius 2 is 1.71 bits per heavy atom. The largest absolute Gasteiger partial charge is 0.457 e. The van der Waals surface area contributed by atoms with Crippen molar-refractivity contribution in [1.82, 2.24) is 0 Å². The van der Waals surface area contributed by atoms with Crippen LogP contribution in [-0.4, -0.2) is 0 Å². The van der Waals surface area contributed by atoms with Crippen molar-refractivity contribution in [2.45, 2.75) is 0 Å². The monoisotopic (exact) mass is 373 g/mol. The second-order valence-electron chi connectivity index (χ2n) is 4.98. The van der Waals surface area contributed by atoms with E-state index in [-0.39, 0.29) is 0 Å². The summed E-state index contributed by atoms with van der Waals surface area (Å²) < 4.78 is 5.79. The Labute approximate surface area is 154 Å². The van der Waals surface area contributed by atoms with E-state index in [1.807, 2.05) is 6.07 Å². The average molecular weight is 375 g/mol. The van der Waals surface area contributed by atoms with Crippen LogP contribution in [0.5, 0.6) is 0 Å². The number of rotatable bonds is 3. The predicted octanol–water partition coefficient (Wildman–Crippen LogP) is 6.97. The molecule has 0 atom stereocenters. The maximum absolute atomic E-state index is 9.38. The Hall–Kier alpha value is -2.18. The van der Waals surface area contributed by atoms with E-state index in [1.165, 1.54) is 0 Å². The van der Waals surface area contributed by atoms with Crippen molar-refractivity contribution in [2.75, 3.05) is 0 Å². The van der Waals surface area contributed by atoms with Gasteiger partial charge in [0, 0.05) is 10.6 Å². The first-order chi connectivity index (χ1) is 11.6. The minimum absolute atomic E-state index is 0.433. The SMILES string of the molecule is N#CC(=Cc1ccc(-c2cccc(Cl)c2Cl)o1)c1ccc(Cl)cc1. The van der Waals surface area contributed by atoms with Crippen molar-refractivity contribution < 1.29 is 4.42 Å². The van der Waals surface area contributed by atoms with E-state index in [0.717, 1.165) is 5.56 Å². The van der Waals surface area contributed by atoms with Crippen LogP contribution in [0.15, 0.2) is 59.0 Å². The molecule has 0 aliphatic rings. The fourth-order valence-electron chi connectivity index (χ4n) is 2.22. The Morgan fingerprint density at radius 1 is 0.958 bits per heavy atom. The van der Waals surface area contributed by atoms with Gasteiger partial charge in [-0.1, -0.05) is 53.0 Å². The average Bonchev–Trinajstić information content (AvgIpc) is 3.04. The molecule has 3 rings (SSSR count). The molecule has 0 aliphatic carbocycles. The second-order valence-corrected chi connectivity index (χ2v) is 6.20. The molecule has 0 saturated heterocycles. The first-order valence-corrected chi connectivity index (χ1v) is 8.14. The molecular formula is C19H10Cl3NO. The molecule has 0 aliphatic heterocycles. The number of furan rings is 1. The minimum Gasteiger partial charge on any atom is -0.457 e. The number of benzene rings is 2. The van der Waals surface area contributed by atoms with Gasteiger partial charge in [-0.05, 0) is 48.0 Å². The number of nitriles is 1. The zero-order valence-corrected chi connectivity index (χ0v) is 14.5. The molecule has 1 heterocycles. The zero-order chi connectivity index (χ0) is 17.1. The van der Waals surface area contributed by atoms with Crippen molar-refractivity contribution in [3.05, 3.63) is 81.0 Å². The molecule has 1 aromatic heterocycles. The van der Waals surface area contributed by atoms with Crippen LogP contribution in [0.25, 0.3) is 23.0 Å². The van der Waals surface area contributed by atoms with Crippen molar-refractivity contribution in [1.29, 1.82) is 5.26 Å². The number of nitrogens with zero attached hydrogens (tertiary/aromatic N) is 1. The molecule has 2 nitrogen and oxygen atoms in total. The van der Waals surface area contributed by atoms with E-state index >= 15 is 0 Å². The van der Waals surface area contributed by atoms with E-state index in [2.05, 4.69) is 6.07 Å². The molecule has 0 radical (unpaired) electrons. The molecule has 0 fully saturated rings. The van der Waals surface area contributed by atoms with E-state index in [1.54, 1.807) is 54.6 Å².